The van der Waals surface area contributed by atoms with Gasteiger partial charge in [-0.25, -0.2) is 0 Å². The van der Waals surface area contributed by atoms with Gasteiger partial charge >= 0.3 is 0 Å². The molecule has 5 heteroatoms. The second-order valence-electron chi connectivity index (χ2n) is 3.33. The van der Waals surface area contributed by atoms with Crippen molar-refractivity contribution < 1.29 is 19.3 Å². The molecule has 0 heterocycles. The maximum atomic E-state index is 8.54. The number of nitrogens with one attached hydrogen (secondary N) is 1. The van der Waals surface area contributed by atoms with Crippen LogP contribution >= 0.6 is 0 Å². The number of rotatable bonds is 8. The van der Waals surface area contributed by atoms with Crippen LogP contribution in [-0.2, 0) is 4.74 Å². The third-order valence-corrected chi connectivity index (χ3v) is 2.21. The van der Waals surface area contributed by atoms with E-state index < -0.39 is 0 Å². The monoisotopic (exact) mass is 241 g/mol. The molecule has 0 bridgehead atoms. The fraction of sp³-hybridized carbons (Fsp3) is 0.500. The number of hydrogen-bond donors (Lipinski definition) is 2. The van der Waals surface area contributed by atoms with E-state index in [1.54, 1.807) is 14.2 Å². The van der Waals surface area contributed by atoms with Gasteiger partial charge in [0, 0.05) is 12.6 Å². The molecule has 1 aromatic carbocycles. The Morgan fingerprint density at radius 3 is 2.65 bits per heavy atom. The first kappa shape index (κ1) is 13.6. The average molecular weight is 241 g/mol. The number of aliphatic hydroxyl groups is 1. The summed E-state index contributed by atoms with van der Waals surface area (Å²) in [5.74, 6) is 1.48. The molecule has 0 amide bonds. The Morgan fingerprint density at radius 2 is 2.00 bits per heavy atom. The molecule has 0 aliphatic carbocycles. The van der Waals surface area contributed by atoms with Crippen molar-refractivity contribution in [2.45, 2.75) is 0 Å². The summed E-state index contributed by atoms with van der Waals surface area (Å²) in [5, 5.41) is 11.7. The van der Waals surface area contributed by atoms with Crippen LogP contribution in [0.2, 0.25) is 0 Å². The minimum atomic E-state index is 0.0475. The summed E-state index contributed by atoms with van der Waals surface area (Å²) in [4.78, 5) is 0. The highest BCUT2D eigenvalue weighted by Crippen LogP contribution is 2.28. The zero-order valence-corrected chi connectivity index (χ0v) is 10.2. The number of methoxy groups -OCH3 is 2. The fourth-order valence-corrected chi connectivity index (χ4v) is 1.37. The van der Waals surface area contributed by atoms with Crippen molar-refractivity contribution in [3.8, 4) is 11.5 Å². The highest BCUT2D eigenvalue weighted by molar-refractivity contribution is 5.59. The number of anilines is 1. The minimum absolute atomic E-state index is 0.0475. The number of aliphatic hydroxyl groups excluding tert-OH is 1. The first-order valence-corrected chi connectivity index (χ1v) is 5.46. The van der Waals surface area contributed by atoms with Crippen LogP contribution in [0.4, 0.5) is 5.69 Å². The van der Waals surface area contributed by atoms with Crippen LogP contribution < -0.4 is 14.8 Å². The standard InChI is InChI=1S/C12H19NO4/c1-15-10-3-4-11(12(9-10)16-2)13-5-7-17-8-6-14/h3-4,9,13-14H,5-8H2,1-2H3. The zero-order chi connectivity index (χ0) is 12.5. The second-order valence-corrected chi connectivity index (χ2v) is 3.33. The van der Waals surface area contributed by atoms with Crippen molar-refractivity contribution in [1.29, 1.82) is 0 Å². The first-order valence-electron chi connectivity index (χ1n) is 5.46. The molecule has 0 atom stereocenters. The van der Waals surface area contributed by atoms with Crippen molar-refractivity contribution in [3.63, 3.8) is 0 Å². The van der Waals surface area contributed by atoms with E-state index in [9.17, 15) is 0 Å². The molecule has 96 valence electrons. The van der Waals surface area contributed by atoms with Crippen molar-refractivity contribution in [1.82, 2.24) is 0 Å². The van der Waals surface area contributed by atoms with Crippen molar-refractivity contribution in [2.75, 3.05) is 45.9 Å². The summed E-state index contributed by atoms with van der Waals surface area (Å²) < 4.78 is 15.5. The lowest BCUT2D eigenvalue weighted by molar-refractivity contribution is 0.0992. The van der Waals surface area contributed by atoms with E-state index in [-0.39, 0.29) is 6.61 Å². The summed E-state index contributed by atoms with van der Waals surface area (Å²) in [6.07, 6.45) is 0. The first-order chi connectivity index (χ1) is 8.31. The van der Waals surface area contributed by atoms with Crippen LogP contribution in [0.1, 0.15) is 0 Å². The highest BCUT2D eigenvalue weighted by Gasteiger charge is 2.03. The van der Waals surface area contributed by atoms with Crippen molar-refractivity contribution in [3.05, 3.63) is 18.2 Å². The quantitative estimate of drug-likeness (QED) is 0.668. The van der Waals surface area contributed by atoms with E-state index in [4.69, 9.17) is 19.3 Å². The van der Waals surface area contributed by atoms with Gasteiger partial charge in [-0.15, -0.1) is 0 Å². The molecule has 5 nitrogen and oxygen atoms in total. The predicted molar refractivity (Wildman–Crippen MR) is 65.9 cm³/mol. The van der Waals surface area contributed by atoms with E-state index in [1.165, 1.54) is 0 Å². The molecule has 0 aliphatic heterocycles. The Labute approximate surface area is 101 Å². The van der Waals surface area contributed by atoms with Gasteiger partial charge in [0.25, 0.3) is 0 Å². The molecular weight excluding hydrogens is 222 g/mol. The third kappa shape index (κ3) is 4.50. The predicted octanol–water partition coefficient (Wildman–Crippen LogP) is 1.12. The molecule has 1 aromatic rings. The lowest BCUT2D eigenvalue weighted by Crippen LogP contribution is -2.11. The van der Waals surface area contributed by atoms with Crippen LogP contribution in [0.5, 0.6) is 11.5 Å². The molecular formula is C12H19NO4. The summed E-state index contributed by atoms with van der Waals surface area (Å²) in [6, 6.07) is 5.57. The molecule has 17 heavy (non-hydrogen) atoms. The molecule has 0 aromatic heterocycles. The maximum Gasteiger partial charge on any atom is 0.145 e. The molecule has 0 fully saturated rings. The Morgan fingerprint density at radius 1 is 1.18 bits per heavy atom. The normalized spacial score (nSPS) is 10.1. The van der Waals surface area contributed by atoms with Gasteiger partial charge in [0.1, 0.15) is 11.5 Å². The molecule has 0 aliphatic rings. The Hall–Kier alpha value is -1.46. The summed E-state index contributed by atoms with van der Waals surface area (Å²) in [5.41, 5.74) is 0.890. The van der Waals surface area contributed by atoms with Crippen molar-refractivity contribution >= 4 is 5.69 Å². The smallest absolute Gasteiger partial charge is 0.145 e. The van der Waals surface area contributed by atoms with Gasteiger partial charge < -0.3 is 24.6 Å². The van der Waals surface area contributed by atoms with Crippen LogP contribution in [0.25, 0.3) is 0 Å². The number of benzene rings is 1. The lowest BCUT2D eigenvalue weighted by atomic mass is 10.2. The summed E-state index contributed by atoms with van der Waals surface area (Å²) in [7, 11) is 3.23. The van der Waals surface area contributed by atoms with Gasteiger partial charge in [0.05, 0.1) is 39.7 Å². The third-order valence-electron chi connectivity index (χ3n) is 2.21. The summed E-state index contributed by atoms with van der Waals surface area (Å²) >= 11 is 0. The molecule has 2 N–H and O–H groups in total. The SMILES string of the molecule is COc1ccc(NCCOCCO)c(OC)c1. The van der Waals surface area contributed by atoms with E-state index in [0.29, 0.717) is 19.8 Å². The maximum absolute atomic E-state index is 8.54. The second kappa shape index (κ2) is 7.76. The van der Waals surface area contributed by atoms with Crippen LogP contribution in [-0.4, -0.2) is 45.7 Å². The topological polar surface area (TPSA) is 60.0 Å². The molecule has 0 spiro atoms. The molecule has 0 saturated heterocycles. The zero-order valence-electron chi connectivity index (χ0n) is 10.2. The van der Waals surface area contributed by atoms with Crippen LogP contribution in [0.3, 0.4) is 0 Å². The number of ether oxygens (including phenoxy) is 3. The molecule has 0 unspecified atom stereocenters. The van der Waals surface area contributed by atoms with E-state index in [0.717, 1.165) is 17.2 Å². The van der Waals surface area contributed by atoms with Gasteiger partial charge in [0.15, 0.2) is 0 Å². The van der Waals surface area contributed by atoms with Crippen LogP contribution in [0, 0.1) is 0 Å². The van der Waals surface area contributed by atoms with Gasteiger partial charge in [-0.2, -0.15) is 0 Å². The number of hydrogen-bond acceptors (Lipinski definition) is 5. The van der Waals surface area contributed by atoms with Crippen molar-refractivity contribution in [2.24, 2.45) is 0 Å². The van der Waals surface area contributed by atoms with Gasteiger partial charge in [-0.05, 0) is 12.1 Å². The molecule has 0 radical (unpaired) electrons. The highest BCUT2D eigenvalue weighted by atomic mass is 16.5. The Balaban J connectivity index is 2.46. The van der Waals surface area contributed by atoms with Gasteiger partial charge in [-0.1, -0.05) is 0 Å². The van der Waals surface area contributed by atoms with Gasteiger partial charge in [0.2, 0.25) is 0 Å². The van der Waals surface area contributed by atoms with Crippen LogP contribution in [0.15, 0.2) is 18.2 Å². The minimum Gasteiger partial charge on any atom is -0.497 e. The van der Waals surface area contributed by atoms with E-state index >= 15 is 0 Å². The lowest BCUT2D eigenvalue weighted by Gasteiger charge is -2.12. The fourth-order valence-electron chi connectivity index (χ4n) is 1.37. The van der Waals surface area contributed by atoms with E-state index in [2.05, 4.69) is 5.32 Å². The summed E-state index contributed by atoms with van der Waals surface area (Å²) in [6.45, 7) is 1.60. The van der Waals surface area contributed by atoms with E-state index in [1.807, 2.05) is 18.2 Å². The largest absolute Gasteiger partial charge is 0.497 e. The molecule has 0 saturated carbocycles. The molecule has 1 rings (SSSR count). The Kier molecular flexibility index (Phi) is 6.21. The average Bonchev–Trinajstić information content (AvgIpc) is 2.38. The Bertz CT molecular complexity index is 330. The van der Waals surface area contributed by atoms with Gasteiger partial charge in [-0.3, -0.25) is 0 Å².